The summed E-state index contributed by atoms with van der Waals surface area (Å²) in [4.78, 5) is 27.0. The fraction of sp³-hybridized carbons (Fsp3) is 0.400. The van der Waals surface area contributed by atoms with Gasteiger partial charge in [0.15, 0.2) is 0 Å². The Morgan fingerprint density at radius 3 is 2.63 bits per heavy atom. The summed E-state index contributed by atoms with van der Waals surface area (Å²) in [6.45, 7) is 3.21. The van der Waals surface area contributed by atoms with E-state index in [0.717, 1.165) is 4.88 Å². The number of piperidine rings is 1. The van der Waals surface area contributed by atoms with E-state index in [4.69, 9.17) is 4.74 Å². The first-order chi connectivity index (χ1) is 14.4. The van der Waals surface area contributed by atoms with Crippen molar-refractivity contribution in [1.29, 1.82) is 0 Å². The van der Waals surface area contributed by atoms with E-state index in [1.807, 2.05) is 17.5 Å². The second-order valence-corrected chi connectivity index (χ2v) is 9.66. The summed E-state index contributed by atoms with van der Waals surface area (Å²) in [5.41, 5.74) is 0.325. The van der Waals surface area contributed by atoms with Crippen molar-refractivity contribution in [2.45, 2.75) is 37.2 Å². The topological polar surface area (TPSA) is 105 Å². The van der Waals surface area contributed by atoms with Crippen molar-refractivity contribution >= 4 is 33.4 Å². The third kappa shape index (κ3) is 5.80. The lowest BCUT2D eigenvalue weighted by molar-refractivity contribution is 0.0702. The zero-order valence-corrected chi connectivity index (χ0v) is 18.3. The van der Waals surface area contributed by atoms with E-state index in [2.05, 4.69) is 10.0 Å². The Balaban J connectivity index is 1.60. The van der Waals surface area contributed by atoms with Crippen LogP contribution in [0, 0.1) is 0 Å². The van der Waals surface area contributed by atoms with Crippen molar-refractivity contribution in [2.24, 2.45) is 0 Å². The van der Waals surface area contributed by atoms with Gasteiger partial charge in [0.05, 0.1) is 11.5 Å². The molecule has 8 nitrogen and oxygen atoms in total. The Labute approximate surface area is 180 Å². The molecule has 1 saturated heterocycles. The quantitative estimate of drug-likeness (QED) is 0.673. The molecule has 0 spiro atoms. The SMILES string of the molecule is CCOC(=O)NC1CCN(C(=O)c2cccc(S(=O)(=O)NCc3cccs3)c2)CC1. The number of nitrogens with one attached hydrogen (secondary N) is 2. The Morgan fingerprint density at radius 1 is 1.20 bits per heavy atom. The van der Waals surface area contributed by atoms with Gasteiger partial charge < -0.3 is 15.0 Å². The average molecular weight is 452 g/mol. The fourth-order valence-electron chi connectivity index (χ4n) is 3.21. The first kappa shape index (κ1) is 22.3. The van der Waals surface area contributed by atoms with Gasteiger partial charge >= 0.3 is 6.09 Å². The molecule has 1 aliphatic rings. The molecule has 0 radical (unpaired) electrons. The van der Waals surface area contributed by atoms with Gasteiger partial charge in [-0.05, 0) is 49.4 Å². The maximum Gasteiger partial charge on any atom is 0.407 e. The number of nitrogens with zero attached hydrogens (tertiary/aromatic N) is 1. The highest BCUT2D eigenvalue weighted by atomic mass is 32.2. The standard InChI is InChI=1S/C20H25N3O5S2/c1-2-28-20(25)22-16-8-10-23(11-9-16)19(24)15-5-3-7-18(13-15)30(26,27)21-14-17-6-4-12-29-17/h3-7,12-13,16,21H,2,8-11,14H2,1H3,(H,22,25). The first-order valence-corrected chi connectivity index (χ1v) is 12.1. The summed E-state index contributed by atoms with van der Waals surface area (Å²) in [5.74, 6) is -0.222. The molecule has 10 heteroatoms. The van der Waals surface area contributed by atoms with Gasteiger partial charge in [-0.3, -0.25) is 4.79 Å². The number of ether oxygens (including phenoxy) is 1. The van der Waals surface area contributed by atoms with Gasteiger partial charge in [0.25, 0.3) is 5.91 Å². The van der Waals surface area contributed by atoms with Crippen molar-refractivity contribution in [2.75, 3.05) is 19.7 Å². The van der Waals surface area contributed by atoms with Crippen LogP contribution in [0.1, 0.15) is 35.0 Å². The maximum absolute atomic E-state index is 12.9. The molecular weight excluding hydrogens is 426 g/mol. The van der Waals surface area contributed by atoms with E-state index in [1.54, 1.807) is 24.0 Å². The van der Waals surface area contributed by atoms with Crippen LogP contribution in [0.25, 0.3) is 0 Å². The molecule has 0 unspecified atom stereocenters. The van der Waals surface area contributed by atoms with Gasteiger partial charge in [-0.1, -0.05) is 12.1 Å². The Kier molecular flexibility index (Phi) is 7.46. The molecule has 2 N–H and O–H groups in total. The molecule has 3 rings (SSSR count). The van der Waals surface area contributed by atoms with Crippen molar-refractivity contribution in [3.63, 3.8) is 0 Å². The lowest BCUT2D eigenvalue weighted by Gasteiger charge is -2.32. The molecule has 30 heavy (non-hydrogen) atoms. The maximum atomic E-state index is 12.9. The predicted octanol–water partition coefficient (Wildman–Crippen LogP) is 2.58. The largest absolute Gasteiger partial charge is 0.450 e. The van der Waals surface area contributed by atoms with Crippen molar-refractivity contribution < 1.29 is 22.7 Å². The molecule has 2 aromatic rings. The third-order valence-electron chi connectivity index (χ3n) is 4.79. The molecule has 0 saturated carbocycles. The highest BCUT2D eigenvalue weighted by Gasteiger charge is 2.26. The molecule has 2 heterocycles. The van der Waals surface area contributed by atoms with Gasteiger partial charge in [0, 0.05) is 36.1 Å². The molecule has 2 amide bonds. The summed E-state index contributed by atoms with van der Waals surface area (Å²) in [7, 11) is -3.73. The minimum atomic E-state index is -3.73. The number of thiophene rings is 1. The van der Waals surface area contributed by atoms with E-state index in [1.165, 1.54) is 23.5 Å². The number of benzene rings is 1. The summed E-state index contributed by atoms with van der Waals surface area (Å²) in [6, 6.07) is 9.74. The number of hydrogen-bond acceptors (Lipinski definition) is 6. The number of carbonyl (C=O) groups excluding carboxylic acids is 2. The normalized spacial score (nSPS) is 15.0. The molecule has 162 valence electrons. The van der Waals surface area contributed by atoms with E-state index in [0.29, 0.717) is 38.1 Å². The molecule has 1 fully saturated rings. The number of hydrogen-bond donors (Lipinski definition) is 2. The van der Waals surface area contributed by atoms with Crippen LogP contribution in [-0.4, -0.2) is 51.1 Å². The Bertz CT molecular complexity index is 968. The van der Waals surface area contributed by atoms with Gasteiger partial charge in [-0.25, -0.2) is 17.9 Å². The lowest BCUT2D eigenvalue weighted by atomic mass is 10.0. The number of carbonyl (C=O) groups is 2. The lowest BCUT2D eigenvalue weighted by Crippen LogP contribution is -2.46. The molecule has 0 bridgehead atoms. The third-order valence-corrected chi connectivity index (χ3v) is 7.06. The monoisotopic (exact) mass is 451 g/mol. The fourth-order valence-corrected chi connectivity index (χ4v) is 5.00. The minimum absolute atomic E-state index is 0.0405. The van der Waals surface area contributed by atoms with E-state index in [-0.39, 0.29) is 23.4 Å². The van der Waals surface area contributed by atoms with Crippen LogP contribution in [0.4, 0.5) is 4.79 Å². The number of alkyl carbamates (subject to hydrolysis) is 1. The number of likely N-dealkylation sites (tertiary alicyclic amines) is 1. The van der Waals surface area contributed by atoms with Gasteiger partial charge in [0.2, 0.25) is 10.0 Å². The molecule has 0 atom stereocenters. The first-order valence-electron chi connectivity index (χ1n) is 9.73. The molecule has 1 aromatic heterocycles. The van der Waals surface area contributed by atoms with Crippen LogP contribution in [0.3, 0.4) is 0 Å². The smallest absolute Gasteiger partial charge is 0.407 e. The summed E-state index contributed by atoms with van der Waals surface area (Å²) >= 11 is 1.47. The van der Waals surface area contributed by atoms with E-state index < -0.39 is 16.1 Å². The van der Waals surface area contributed by atoms with Crippen LogP contribution < -0.4 is 10.0 Å². The molecule has 1 aliphatic heterocycles. The van der Waals surface area contributed by atoms with Crippen LogP contribution in [0.5, 0.6) is 0 Å². The minimum Gasteiger partial charge on any atom is -0.450 e. The zero-order chi connectivity index (χ0) is 21.6. The Hall–Kier alpha value is -2.43. The van der Waals surface area contributed by atoms with Crippen molar-refractivity contribution in [3.05, 3.63) is 52.2 Å². The van der Waals surface area contributed by atoms with Gasteiger partial charge in [-0.15, -0.1) is 11.3 Å². The second-order valence-electron chi connectivity index (χ2n) is 6.86. The van der Waals surface area contributed by atoms with E-state index in [9.17, 15) is 18.0 Å². The average Bonchev–Trinajstić information content (AvgIpc) is 3.26. The number of rotatable bonds is 7. The van der Waals surface area contributed by atoms with Crippen LogP contribution in [0.15, 0.2) is 46.7 Å². The molecule has 0 aliphatic carbocycles. The second kappa shape index (κ2) is 10.1. The zero-order valence-electron chi connectivity index (χ0n) is 16.7. The highest BCUT2D eigenvalue weighted by Crippen LogP contribution is 2.18. The van der Waals surface area contributed by atoms with Gasteiger partial charge in [0.1, 0.15) is 0 Å². The summed E-state index contributed by atoms with van der Waals surface area (Å²) < 4.78 is 32.6. The molecule has 1 aromatic carbocycles. The summed E-state index contributed by atoms with van der Waals surface area (Å²) in [5, 5.41) is 4.67. The van der Waals surface area contributed by atoms with Crippen LogP contribution in [0.2, 0.25) is 0 Å². The van der Waals surface area contributed by atoms with Crippen molar-refractivity contribution in [1.82, 2.24) is 14.9 Å². The molecular formula is C20H25N3O5S2. The van der Waals surface area contributed by atoms with Gasteiger partial charge in [-0.2, -0.15) is 0 Å². The number of amides is 2. The summed E-state index contributed by atoms with van der Waals surface area (Å²) in [6.07, 6.45) is 0.783. The van der Waals surface area contributed by atoms with Crippen LogP contribution >= 0.6 is 11.3 Å². The Morgan fingerprint density at radius 2 is 1.97 bits per heavy atom. The predicted molar refractivity (Wildman–Crippen MR) is 114 cm³/mol. The van der Waals surface area contributed by atoms with Crippen LogP contribution in [-0.2, 0) is 21.3 Å². The van der Waals surface area contributed by atoms with E-state index >= 15 is 0 Å². The highest BCUT2D eigenvalue weighted by molar-refractivity contribution is 7.89. The number of sulfonamides is 1. The van der Waals surface area contributed by atoms with Crippen molar-refractivity contribution in [3.8, 4) is 0 Å².